The molecular weight excluding hydrogens is 236 g/mol. The zero-order chi connectivity index (χ0) is 14.0. The first-order valence-corrected chi connectivity index (χ1v) is 7.07. The van der Waals surface area contributed by atoms with Crippen LogP contribution in [0.5, 0.6) is 0 Å². The Labute approximate surface area is 114 Å². The van der Waals surface area contributed by atoms with Gasteiger partial charge in [-0.1, -0.05) is 33.3 Å². The van der Waals surface area contributed by atoms with E-state index in [1.165, 1.54) is 18.4 Å². The molecule has 3 nitrogen and oxygen atoms in total. The molecule has 0 aliphatic heterocycles. The summed E-state index contributed by atoms with van der Waals surface area (Å²) in [6.07, 6.45) is 3.43. The zero-order valence-corrected chi connectivity index (χ0v) is 12.2. The van der Waals surface area contributed by atoms with Crippen molar-refractivity contribution >= 4 is 10.9 Å². The van der Waals surface area contributed by atoms with Gasteiger partial charge in [-0.2, -0.15) is 0 Å². The first-order chi connectivity index (χ1) is 9.04. The van der Waals surface area contributed by atoms with Crippen LogP contribution in [0.15, 0.2) is 18.2 Å². The fraction of sp³-hybridized carbons (Fsp3) is 0.500. The summed E-state index contributed by atoms with van der Waals surface area (Å²) in [7, 11) is 0. The number of fused-ring (bicyclic) bond motifs is 1. The number of aryl methyl sites for hydroxylation is 2. The first-order valence-electron chi connectivity index (χ1n) is 7.07. The molecule has 1 aromatic carbocycles. The molecule has 19 heavy (non-hydrogen) atoms. The largest absolute Gasteiger partial charge is 0.711 e. The molecule has 0 aliphatic rings. The van der Waals surface area contributed by atoms with Crippen molar-refractivity contribution in [3.8, 4) is 0 Å². The minimum absolute atomic E-state index is 0.139. The first kappa shape index (κ1) is 13.8. The minimum atomic E-state index is 0.139. The van der Waals surface area contributed by atoms with Gasteiger partial charge in [0.15, 0.2) is 5.52 Å². The highest BCUT2D eigenvalue weighted by molar-refractivity contribution is 5.80. The molecule has 0 atom stereocenters. The predicted octanol–water partition coefficient (Wildman–Crippen LogP) is 3.64. The van der Waals surface area contributed by atoms with Crippen LogP contribution in [0.4, 0.5) is 0 Å². The topological polar surface area (TPSA) is 39.8 Å². The highest BCUT2D eigenvalue weighted by atomic mass is 16.5. The smallest absolute Gasteiger partial charge is 0.304 e. The number of hydrogen-bond donors (Lipinski definition) is 0. The molecule has 1 heterocycles. The average Bonchev–Trinajstić information content (AvgIpc) is 2.40. The Morgan fingerprint density at radius 1 is 1.32 bits per heavy atom. The van der Waals surface area contributed by atoms with Gasteiger partial charge in [-0.25, -0.2) is 4.73 Å². The minimum Gasteiger partial charge on any atom is -0.711 e. The number of aromatic nitrogens is 2. The summed E-state index contributed by atoms with van der Waals surface area (Å²) in [5.41, 5.74) is 2.97. The van der Waals surface area contributed by atoms with Crippen molar-refractivity contribution in [1.29, 1.82) is 0 Å². The van der Waals surface area contributed by atoms with E-state index in [1.807, 2.05) is 26.8 Å². The Hall–Kier alpha value is -1.64. The lowest BCUT2D eigenvalue weighted by atomic mass is 10.0. The normalized spacial score (nSPS) is 11.4. The summed E-state index contributed by atoms with van der Waals surface area (Å²) < 4.78 is 0.983. The lowest BCUT2D eigenvalue weighted by Gasteiger charge is -2.13. The maximum Gasteiger partial charge on any atom is 0.304 e. The maximum atomic E-state index is 12.2. The fourth-order valence-electron chi connectivity index (χ4n) is 2.32. The molecule has 0 spiro atoms. The van der Waals surface area contributed by atoms with E-state index >= 15 is 0 Å². The quantitative estimate of drug-likeness (QED) is 0.620. The molecule has 2 rings (SSSR count). The van der Waals surface area contributed by atoms with Gasteiger partial charge in [0.1, 0.15) is 5.69 Å². The summed E-state index contributed by atoms with van der Waals surface area (Å²) in [5, 5.41) is 13.2. The Bertz CT molecular complexity index is 591. The van der Waals surface area contributed by atoms with Gasteiger partial charge in [0, 0.05) is 0 Å². The fourth-order valence-corrected chi connectivity index (χ4v) is 2.32. The third kappa shape index (κ3) is 2.70. The van der Waals surface area contributed by atoms with E-state index in [9.17, 15) is 5.21 Å². The summed E-state index contributed by atoms with van der Waals surface area (Å²) in [5.74, 6) is 0.742. The third-order valence-electron chi connectivity index (χ3n) is 3.53. The predicted molar refractivity (Wildman–Crippen MR) is 78.1 cm³/mol. The van der Waals surface area contributed by atoms with Gasteiger partial charge in [-0.05, 0) is 42.4 Å². The lowest BCUT2D eigenvalue weighted by Crippen LogP contribution is -2.37. The molecule has 3 heteroatoms. The highest BCUT2D eigenvalue weighted by Gasteiger charge is 2.18. The molecule has 0 radical (unpaired) electrons. The lowest BCUT2D eigenvalue weighted by molar-refractivity contribution is -0.623. The monoisotopic (exact) mass is 258 g/mol. The Morgan fingerprint density at radius 2 is 2.05 bits per heavy atom. The highest BCUT2D eigenvalue weighted by Crippen LogP contribution is 2.20. The molecule has 0 unspecified atom stereocenters. The second kappa shape index (κ2) is 5.55. The Balaban J connectivity index is 2.54. The van der Waals surface area contributed by atoms with E-state index in [2.05, 4.69) is 24.0 Å². The van der Waals surface area contributed by atoms with Crippen LogP contribution >= 0.6 is 0 Å². The van der Waals surface area contributed by atoms with Crippen LogP contribution in [-0.2, 0) is 6.42 Å². The van der Waals surface area contributed by atoms with Crippen molar-refractivity contribution in [3.05, 3.63) is 40.5 Å². The van der Waals surface area contributed by atoms with E-state index in [4.69, 9.17) is 0 Å². The number of unbranched alkanes of at least 4 members (excludes halogenated alkanes) is 1. The molecule has 0 saturated heterocycles. The van der Waals surface area contributed by atoms with Crippen LogP contribution in [0.1, 0.15) is 56.6 Å². The van der Waals surface area contributed by atoms with Crippen molar-refractivity contribution in [2.45, 2.75) is 52.9 Å². The number of benzene rings is 1. The van der Waals surface area contributed by atoms with E-state index in [-0.39, 0.29) is 5.92 Å². The van der Waals surface area contributed by atoms with Gasteiger partial charge >= 0.3 is 5.82 Å². The second-order valence-electron chi connectivity index (χ2n) is 5.46. The Kier molecular flexibility index (Phi) is 4.03. The van der Waals surface area contributed by atoms with Crippen LogP contribution in [0.3, 0.4) is 0 Å². The van der Waals surface area contributed by atoms with Crippen molar-refractivity contribution in [1.82, 2.24) is 4.98 Å². The van der Waals surface area contributed by atoms with Gasteiger partial charge in [0.25, 0.3) is 0 Å². The molecule has 0 fully saturated rings. The molecular formula is C16H22N2O. The van der Waals surface area contributed by atoms with Crippen molar-refractivity contribution in [2.75, 3.05) is 0 Å². The van der Waals surface area contributed by atoms with Crippen LogP contribution in [0, 0.1) is 12.1 Å². The molecule has 0 N–H and O–H groups in total. The van der Waals surface area contributed by atoms with Crippen molar-refractivity contribution in [2.24, 2.45) is 0 Å². The zero-order valence-electron chi connectivity index (χ0n) is 12.2. The van der Waals surface area contributed by atoms with Crippen molar-refractivity contribution in [3.63, 3.8) is 0 Å². The maximum absolute atomic E-state index is 12.2. The van der Waals surface area contributed by atoms with Crippen LogP contribution in [0.2, 0.25) is 0 Å². The average molecular weight is 258 g/mol. The third-order valence-corrected chi connectivity index (χ3v) is 3.53. The van der Waals surface area contributed by atoms with Crippen LogP contribution in [-0.4, -0.2) is 4.98 Å². The Morgan fingerprint density at radius 3 is 2.68 bits per heavy atom. The molecule has 2 aromatic rings. The standard InChI is InChI=1S/C16H22N2O/c1-5-6-7-13-8-9-15-14(10-13)12(4)18(19)16(17-15)11(2)3/h8-11H,5-7H2,1-4H3. The van der Waals surface area contributed by atoms with Gasteiger partial charge in [0.2, 0.25) is 0 Å². The molecule has 102 valence electrons. The summed E-state index contributed by atoms with van der Waals surface area (Å²) in [6.45, 7) is 8.07. The number of nitrogens with zero attached hydrogens (tertiary/aromatic N) is 2. The number of rotatable bonds is 4. The summed E-state index contributed by atoms with van der Waals surface area (Å²) in [6, 6.07) is 6.29. The molecule has 0 bridgehead atoms. The SMILES string of the molecule is CCCCc1ccc2nc(C(C)C)[n+]([O-])c(C)c2c1. The van der Waals surface area contributed by atoms with Gasteiger partial charge in [-0.3, -0.25) is 0 Å². The van der Waals surface area contributed by atoms with E-state index in [0.29, 0.717) is 5.82 Å². The van der Waals surface area contributed by atoms with Gasteiger partial charge in [-0.15, -0.1) is 0 Å². The van der Waals surface area contributed by atoms with Crippen LogP contribution in [0.25, 0.3) is 10.9 Å². The van der Waals surface area contributed by atoms with Gasteiger partial charge in [0.05, 0.1) is 11.3 Å². The molecule has 0 saturated carbocycles. The number of hydrogen-bond acceptors (Lipinski definition) is 2. The molecule has 1 aromatic heterocycles. The van der Waals surface area contributed by atoms with Gasteiger partial charge < -0.3 is 5.21 Å². The second-order valence-corrected chi connectivity index (χ2v) is 5.46. The summed E-state index contributed by atoms with van der Waals surface area (Å²) >= 11 is 0. The van der Waals surface area contributed by atoms with Crippen LogP contribution < -0.4 is 4.73 Å². The summed E-state index contributed by atoms with van der Waals surface area (Å²) in [4.78, 5) is 4.51. The van der Waals surface area contributed by atoms with Crippen molar-refractivity contribution < 1.29 is 4.73 Å². The molecule has 0 aliphatic carbocycles. The van der Waals surface area contributed by atoms with E-state index < -0.39 is 0 Å². The van der Waals surface area contributed by atoms with E-state index in [1.54, 1.807) is 0 Å². The molecule has 0 amide bonds. The van der Waals surface area contributed by atoms with E-state index in [0.717, 1.165) is 27.7 Å².